The van der Waals surface area contributed by atoms with Gasteiger partial charge in [0.05, 0.1) is 22.7 Å². The highest BCUT2D eigenvalue weighted by molar-refractivity contribution is 9.10. The Balaban J connectivity index is 1.10. The van der Waals surface area contributed by atoms with E-state index in [0.717, 1.165) is 42.1 Å². The van der Waals surface area contributed by atoms with Gasteiger partial charge in [-0.25, -0.2) is 9.59 Å². The van der Waals surface area contributed by atoms with E-state index in [2.05, 4.69) is 36.7 Å². The SMILES string of the molecule is CC(=O)OCC1=C(C)C[C@H]([C@@H](C)[C@H]2CC[C@H]3[C@@H]4C[C@H]5O[C@]56[C@@H](OC(=O)c5ccc(Br)cc5)C=CC(=O)[C@]6(C)[C@H]4CC[C@]23C)OC1=O. The molecule has 0 unspecified atom stereocenters. The first-order valence-corrected chi connectivity index (χ1v) is 17.5. The summed E-state index contributed by atoms with van der Waals surface area (Å²) >= 11 is 3.41. The summed E-state index contributed by atoms with van der Waals surface area (Å²) in [5.41, 5.74) is 0.295. The Morgan fingerprint density at radius 1 is 1.09 bits per heavy atom. The van der Waals surface area contributed by atoms with Crippen LogP contribution in [0.4, 0.5) is 0 Å². The molecule has 6 aliphatic rings. The average molecular weight is 696 g/mol. The van der Waals surface area contributed by atoms with Crippen molar-refractivity contribution >= 4 is 39.6 Å². The zero-order valence-corrected chi connectivity index (χ0v) is 28.8. The topological polar surface area (TPSA) is 108 Å². The minimum Gasteiger partial charge on any atom is -0.461 e. The highest BCUT2D eigenvalue weighted by Gasteiger charge is 2.81. The molecule has 0 aromatic heterocycles. The molecule has 11 atom stereocenters. The predicted octanol–water partition coefficient (Wildman–Crippen LogP) is 6.55. The van der Waals surface area contributed by atoms with E-state index in [1.54, 1.807) is 24.3 Å². The van der Waals surface area contributed by atoms with Crippen LogP contribution >= 0.6 is 15.9 Å². The van der Waals surface area contributed by atoms with Crippen LogP contribution in [-0.4, -0.2) is 54.2 Å². The van der Waals surface area contributed by atoms with E-state index in [9.17, 15) is 19.2 Å². The minimum atomic E-state index is -0.825. The number of halogens is 1. The molecule has 7 rings (SSSR count). The zero-order chi connectivity index (χ0) is 32.8. The fourth-order valence-electron chi connectivity index (χ4n) is 10.7. The van der Waals surface area contributed by atoms with Gasteiger partial charge in [-0.05, 0) is 117 Å². The number of benzene rings is 1. The third kappa shape index (κ3) is 4.61. The Hall–Kier alpha value is -2.78. The molecule has 1 aromatic rings. The normalized spacial score (nSPS) is 41.4. The van der Waals surface area contributed by atoms with Crippen molar-refractivity contribution in [2.24, 2.45) is 40.4 Å². The summed E-state index contributed by atoms with van der Waals surface area (Å²) in [5, 5.41) is 0. The Kier molecular flexibility index (Phi) is 7.71. The van der Waals surface area contributed by atoms with Gasteiger partial charge in [-0.1, -0.05) is 35.4 Å². The van der Waals surface area contributed by atoms with Crippen molar-refractivity contribution in [3.63, 3.8) is 0 Å². The third-order valence-electron chi connectivity index (χ3n) is 13.1. The standard InChI is InChI=1S/C37H43BrO8/c1-19-16-29(44-34(42)25(19)18-43-21(3)39)20(2)26-10-11-27-24-17-32-37(46-32)31(45-33(41)22-6-8-23(38)9-7-22)13-12-30(40)36(37,5)28(24)14-15-35(26,27)4/h6-9,12-13,20,24,26-29,31-32H,10-11,14-18H2,1-5H3/t20-,24-,26+,27-,28-,29+,31-,32+,35+,36-,37+/m0/s1. The molecule has 46 heavy (non-hydrogen) atoms. The number of ether oxygens (including phenoxy) is 4. The second-order valence-electron chi connectivity index (χ2n) is 15.0. The predicted molar refractivity (Wildman–Crippen MR) is 171 cm³/mol. The summed E-state index contributed by atoms with van der Waals surface area (Å²) in [5.74, 6) is 0.281. The monoisotopic (exact) mass is 694 g/mol. The highest BCUT2D eigenvalue weighted by atomic mass is 79.9. The van der Waals surface area contributed by atoms with Gasteiger partial charge in [0.15, 0.2) is 11.9 Å². The maximum Gasteiger partial charge on any atom is 0.338 e. The minimum absolute atomic E-state index is 0.0465. The van der Waals surface area contributed by atoms with Crippen LogP contribution in [0.25, 0.3) is 0 Å². The van der Waals surface area contributed by atoms with Crippen LogP contribution < -0.4 is 0 Å². The van der Waals surface area contributed by atoms with Gasteiger partial charge >= 0.3 is 17.9 Å². The van der Waals surface area contributed by atoms with Crippen molar-refractivity contribution in [2.75, 3.05) is 6.61 Å². The number of carbonyl (C=O) groups is 4. The van der Waals surface area contributed by atoms with Crippen molar-refractivity contribution < 1.29 is 38.1 Å². The summed E-state index contributed by atoms with van der Waals surface area (Å²) in [7, 11) is 0. The van der Waals surface area contributed by atoms with E-state index in [0.29, 0.717) is 35.3 Å². The van der Waals surface area contributed by atoms with Crippen LogP contribution in [0.3, 0.4) is 0 Å². The van der Waals surface area contributed by atoms with Crippen LogP contribution in [-0.2, 0) is 33.3 Å². The van der Waals surface area contributed by atoms with E-state index >= 15 is 0 Å². The number of esters is 3. The lowest BCUT2D eigenvalue weighted by molar-refractivity contribution is -0.156. The second kappa shape index (κ2) is 11.1. The van der Waals surface area contributed by atoms with E-state index in [-0.39, 0.29) is 47.8 Å². The van der Waals surface area contributed by atoms with Crippen molar-refractivity contribution in [1.29, 1.82) is 0 Å². The molecule has 2 aliphatic heterocycles. The first kappa shape index (κ1) is 31.8. The van der Waals surface area contributed by atoms with E-state index in [1.807, 2.05) is 19.1 Å². The third-order valence-corrected chi connectivity index (χ3v) is 13.7. The van der Waals surface area contributed by atoms with Crippen LogP contribution in [0.15, 0.2) is 52.0 Å². The quantitative estimate of drug-likeness (QED) is 0.187. The Morgan fingerprint density at radius 3 is 2.52 bits per heavy atom. The number of hydrogen-bond acceptors (Lipinski definition) is 8. The number of epoxide rings is 1. The lowest BCUT2D eigenvalue weighted by Gasteiger charge is -2.58. The van der Waals surface area contributed by atoms with Crippen LogP contribution in [0.5, 0.6) is 0 Å². The lowest BCUT2D eigenvalue weighted by atomic mass is 9.44. The smallest absolute Gasteiger partial charge is 0.338 e. The van der Waals surface area contributed by atoms with Gasteiger partial charge in [-0.15, -0.1) is 0 Å². The molecular formula is C37H43BrO8. The number of fused-ring (bicyclic) bond motifs is 4. The molecule has 1 aromatic carbocycles. The molecule has 0 bridgehead atoms. The lowest BCUT2D eigenvalue weighted by Crippen LogP contribution is -2.64. The number of hydrogen-bond donors (Lipinski definition) is 0. The number of carbonyl (C=O) groups excluding carboxylic acids is 4. The van der Waals surface area contributed by atoms with Crippen LogP contribution in [0.2, 0.25) is 0 Å². The van der Waals surface area contributed by atoms with Crippen molar-refractivity contribution in [3.8, 4) is 0 Å². The fraction of sp³-hybridized carbons (Fsp3) is 0.622. The summed E-state index contributed by atoms with van der Waals surface area (Å²) in [6.07, 6.45) is 7.89. The molecular weight excluding hydrogens is 652 g/mol. The van der Waals surface area contributed by atoms with E-state index in [4.69, 9.17) is 18.9 Å². The van der Waals surface area contributed by atoms with Gasteiger partial charge in [-0.2, -0.15) is 0 Å². The van der Waals surface area contributed by atoms with Gasteiger partial charge in [0.2, 0.25) is 0 Å². The van der Waals surface area contributed by atoms with E-state index in [1.165, 1.54) is 6.92 Å². The fourth-order valence-corrected chi connectivity index (χ4v) is 11.0. The van der Waals surface area contributed by atoms with Crippen LogP contribution in [0, 0.1) is 40.4 Å². The molecule has 8 nitrogen and oxygen atoms in total. The van der Waals surface area contributed by atoms with Gasteiger partial charge in [0.25, 0.3) is 0 Å². The van der Waals surface area contributed by atoms with Gasteiger partial charge < -0.3 is 18.9 Å². The molecule has 4 fully saturated rings. The Bertz CT molecular complexity index is 1550. The average Bonchev–Trinajstić information content (AvgIpc) is 3.64. The molecule has 0 amide bonds. The van der Waals surface area contributed by atoms with Crippen molar-refractivity contribution in [1.82, 2.24) is 0 Å². The number of rotatable bonds is 6. The Labute approximate surface area is 278 Å². The molecule has 4 aliphatic carbocycles. The first-order valence-electron chi connectivity index (χ1n) is 16.7. The molecule has 0 radical (unpaired) electrons. The summed E-state index contributed by atoms with van der Waals surface area (Å²) < 4.78 is 24.7. The van der Waals surface area contributed by atoms with Gasteiger partial charge in [0, 0.05) is 17.8 Å². The molecule has 1 saturated heterocycles. The highest BCUT2D eigenvalue weighted by Crippen LogP contribution is 2.73. The van der Waals surface area contributed by atoms with Gasteiger partial charge in [-0.3, -0.25) is 9.59 Å². The number of allylic oxidation sites excluding steroid dienone is 1. The molecule has 3 saturated carbocycles. The molecule has 9 heteroatoms. The molecule has 2 heterocycles. The summed E-state index contributed by atoms with van der Waals surface area (Å²) in [6, 6.07) is 7.09. The zero-order valence-electron chi connectivity index (χ0n) is 27.2. The molecule has 246 valence electrons. The Morgan fingerprint density at radius 2 is 1.83 bits per heavy atom. The molecule has 1 spiro atoms. The summed E-state index contributed by atoms with van der Waals surface area (Å²) in [6.45, 7) is 9.94. The van der Waals surface area contributed by atoms with Crippen molar-refractivity contribution in [2.45, 2.75) is 97.1 Å². The van der Waals surface area contributed by atoms with Crippen LogP contribution in [0.1, 0.15) is 83.5 Å². The first-order chi connectivity index (χ1) is 21.8. The van der Waals surface area contributed by atoms with E-state index < -0.39 is 29.1 Å². The van der Waals surface area contributed by atoms with Crippen molar-refractivity contribution in [3.05, 3.63) is 57.6 Å². The second-order valence-corrected chi connectivity index (χ2v) is 16.0. The van der Waals surface area contributed by atoms with Gasteiger partial charge in [0.1, 0.15) is 18.3 Å². The number of cyclic esters (lactones) is 1. The maximum atomic E-state index is 13.9. The summed E-state index contributed by atoms with van der Waals surface area (Å²) in [4.78, 5) is 51.4. The molecule has 0 N–H and O–H groups in total. The maximum absolute atomic E-state index is 13.9. The number of ketones is 1. The largest absolute Gasteiger partial charge is 0.461 e.